The number of carbonyl (C=O) groups excluding carboxylic acids is 6. The van der Waals surface area contributed by atoms with Crippen molar-refractivity contribution in [3.05, 3.63) is 0 Å². The smallest absolute Gasteiger partial charge is 0.326 e. The van der Waals surface area contributed by atoms with Crippen LogP contribution in [0.15, 0.2) is 4.99 Å². The number of nitrogens with zero attached hydrogens (tertiary/aromatic N) is 2. The molecule has 0 saturated carbocycles. The van der Waals surface area contributed by atoms with E-state index in [2.05, 4.69) is 38.9 Å². The molecule has 19 heteroatoms. The number of hydrogen-bond donors (Lipinski definition) is 9. The second kappa shape index (κ2) is 16.7. The predicted molar refractivity (Wildman–Crippen MR) is 173 cm³/mol. The van der Waals surface area contributed by atoms with Crippen LogP contribution in [0, 0.1) is 0 Å². The third kappa shape index (κ3) is 11.3. The van der Waals surface area contributed by atoms with E-state index in [4.69, 9.17) is 17.2 Å². The Bertz CT molecular complexity index is 1220. The molecule has 11 N–H and O–H groups in total. The molecule has 2 saturated heterocycles. The number of carboxylic acid groups (broad SMARTS) is 1. The summed E-state index contributed by atoms with van der Waals surface area (Å²) in [6.45, 7) is 5.70. The third-order valence-corrected chi connectivity index (χ3v) is 9.17. The van der Waals surface area contributed by atoms with Gasteiger partial charge in [0.05, 0.1) is 6.42 Å². The van der Waals surface area contributed by atoms with Crippen LogP contribution in [-0.4, -0.2) is 110 Å². The lowest BCUT2D eigenvalue weighted by molar-refractivity contribution is -0.145. The number of nitrogens with one attached hydrogen (secondary N) is 4. The van der Waals surface area contributed by atoms with Gasteiger partial charge < -0.3 is 48.5 Å². The number of nitrogens with two attached hydrogens (primary N) is 3. The van der Waals surface area contributed by atoms with Crippen molar-refractivity contribution in [3.8, 4) is 0 Å². The van der Waals surface area contributed by atoms with Crippen LogP contribution in [0.5, 0.6) is 0 Å². The lowest BCUT2D eigenvalue weighted by Gasteiger charge is -2.41. The van der Waals surface area contributed by atoms with Crippen LogP contribution in [0.4, 0.5) is 0 Å². The Morgan fingerprint density at radius 1 is 1.09 bits per heavy atom. The Hall–Kier alpha value is -3.74. The summed E-state index contributed by atoms with van der Waals surface area (Å²) in [6.07, 6.45) is 0.705. The number of aliphatic carboxylic acids is 1. The average molecular weight is 688 g/mol. The van der Waals surface area contributed by atoms with Crippen molar-refractivity contribution in [1.29, 1.82) is 0 Å². The zero-order valence-corrected chi connectivity index (χ0v) is 27.9. The van der Waals surface area contributed by atoms with E-state index in [-0.39, 0.29) is 62.8 Å². The Morgan fingerprint density at radius 2 is 1.74 bits per heavy atom. The largest absolute Gasteiger partial charge is 0.480 e. The minimum absolute atomic E-state index is 0.0343. The van der Waals surface area contributed by atoms with E-state index in [1.165, 1.54) is 4.90 Å². The molecule has 2 aliphatic rings. The van der Waals surface area contributed by atoms with Gasteiger partial charge in [0.1, 0.15) is 24.2 Å². The van der Waals surface area contributed by atoms with Gasteiger partial charge in [0.15, 0.2) is 10.8 Å². The predicted octanol–water partition coefficient (Wildman–Crippen LogP) is -2.49. The first-order chi connectivity index (χ1) is 21.4. The molecule has 0 radical (unpaired) electrons. The summed E-state index contributed by atoms with van der Waals surface area (Å²) in [6, 6.07) is -4.69. The summed E-state index contributed by atoms with van der Waals surface area (Å²) in [5.41, 5.74) is 16.0. The van der Waals surface area contributed by atoms with Gasteiger partial charge in [-0.2, -0.15) is 12.6 Å². The molecule has 0 spiro atoms. The van der Waals surface area contributed by atoms with Crippen molar-refractivity contribution in [2.75, 3.05) is 18.8 Å². The topological polar surface area (TPSA) is 282 Å². The lowest BCUT2D eigenvalue weighted by Crippen LogP contribution is -2.65. The molecular weight excluding hydrogens is 642 g/mol. The van der Waals surface area contributed by atoms with Crippen LogP contribution < -0.4 is 38.5 Å². The number of carbonyl (C=O) groups is 7. The Balaban J connectivity index is 2.32. The maximum absolute atomic E-state index is 14.3. The number of guanidine groups is 1. The molecule has 6 amide bonds. The molecule has 17 nitrogen and oxygen atoms in total. The highest BCUT2D eigenvalue weighted by molar-refractivity contribution is 8.03. The number of rotatable bonds is 16. The van der Waals surface area contributed by atoms with Crippen LogP contribution >= 0.6 is 24.4 Å². The van der Waals surface area contributed by atoms with E-state index in [0.29, 0.717) is 6.42 Å². The quantitative estimate of drug-likeness (QED) is 0.0269. The summed E-state index contributed by atoms with van der Waals surface area (Å²) in [7, 11) is 0. The molecule has 46 heavy (non-hydrogen) atoms. The van der Waals surface area contributed by atoms with Crippen molar-refractivity contribution in [1.82, 2.24) is 26.2 Å². The van der Waals surface area contributed by atoms with Gasteiger partial charge in [-0.3, -0.25) is 33.8 Å². The van der Waals surface area contributed by atoms with Crippen LogP contribution in [0.1, 0.15) is 65.7 Å². The summed E-state index contributed by atoms with van der Waals surface area (Å²) in [5.74, 6) is -5.83. The first-order valence-corrected chi connectivity index (χ1v) is 16.2. The van der Waals surface area contributed by atoms with Crippen molar-refractivity contribution in [2.24, 2.45) is 22.2 Å². The first kappa shape index (κ1) is 38.4. The average Bonchev–Trinajstić information content (AvgIpc) is 3.61. The standard InChI is InChI=1S/C27H45N9O8S2/c1-26(2,3)46-27(13-45,35-21(40)16(12-18(28)37)34-20(39)14-8-9-19(38)32-14)24(44)36-11-5-7-17(36)22(41)33-15(23(42)43)6-4-10-31-25(29)30/h14-17,45H,4-13H2,1-3H3,(H2,28,37)(H,32,38)(H,33,41)(H,34,39)(H,35,40)(H,42,43)(H4,29,30,31)/t14?,15-,16-,17-,27+/m0/s1. The van der Waals surface area contributed by atoms with Crippen molar-refractivity contribution < 1.29 is 38.7 Å². The minimum atomic E-state index is -1.78. The van der Waals surface area contributed by atoms with Gasteiger partial charge in [-0.15, -0.1) is 11.8 Å². The third-order valence-electron chi connectivity index (χ3n) is 7.10. The van der Waals surface area contributed by atoms with E-state index in [1.807, 2.05) is 0 Å². The number of likely N-dealkylation sites (tertiary alicyclic amines) is 1. The fourth-order valence-corrected chi connectivity index (χ4v) is 6.98. The molecule has 258 valence electrons. The van der Waals surface area contributed by atoms with Gasteiger partial charge in [-0.05, 0) is 32.1 Å². The van der Waals surface area contributed by atoms with Crippen LogP contribution in [-0.2, 0) is 33.6 Å². The molecule has 1 unspecified atom stereocenters. The molecule has 0 aromatic heterocycles. The number of thiol groups is 1. The van der Waals surface area contributed by atoms with Crippen LogP contribution in [0.25, 0.3) is 0 Å². The Kier molecular flexibility index (Phi) is 14.0. The maximum Gasteiger partial charge on any atom is 0.326 e. The van der Waals surface area contributed by atoms with Gasteiger partial charge in [-0.25, -0.2) is 4.79 Å². The molecule has 2 heterocycles. The summed E-state index contributed by atoms with van der Waals surface area (Å²) < 4.78 is -0.649. The van der Waals surface area contributed by atoms with Crippen molar-refractivity contribution in [3.63, 3.8) is 0 Å². The number of hydrogen-bond acceptors (Lipinski definition) is 10. The number of carboxylic acids is 1. The number of thioether (sulfide) groups is 1. The van der Waals surface area contributed by atoms with Gasteiger partial charge >= 0.3 is 5.97 Å². The van der Waals surface area contributed by atoms with Crippen LogP contribution in [0.3, 0.4) is 0 Å². The van der Waals surface area contributed by atoms with E-state index in [9.17, 15) is 38.7 Å². The van der Waals surface area contributed by atoms with Gasteiger partial charge in [0.2, 0.25) is 29.5 Å². The summed E-state index contributed by atoms with van der Waals surface area (Å²) in [4.78, 5) is 92.8. The van der Waals surface area contributed by atoms with E-state index in [0.717, 1.165) is 11.8 Å². The molecule has 5 atom stereocenters. The minimum Gasteiger partial charge on any atom is -0.480 e. The fraction of sp³-hybridized carbons (Fsp3) is 0.704. The molecule has 0 bridgehead atoms. The molecule has 2 fully saturated rings. The zero-order valence-electron chi connectivity index (χ0n) is 26.2. The lowest BCUT2D eigenvalue weighted by atomic mass is 10.1. The molecule has 0 aliphatic carbocycles. The molecule has 2 rings (SSSR count). The molecule has 0 aromatic rings. The second-order valence-corrected chi connectivity index (χ2v) is 14.5. The normalized spacial score (nSPS) is 20.4. The SMILES string of the molecule is CC(C)(C)S[C@@](CS)(NC(=O)[C@H](CC(N)=O)NC(=O)C1CCC(=O)N1)C(=O)N1CCC[C@H]1C(=O)N[C@@H](CCCN=C(N)N)C(=O)O. The van der Waals surface area contributed by atoms with Crippen LogP contribution in [0.2, 0.25) is 0 Å². The highest BCUT2D eigenvalue weighted by Crippen LogP contribution is 2.39. The highest BCUT2D eigenvalue weighted by atomic mass is 32.2. The second-order valence-electron chi connectivity index (χ2n) is 12.1. The number of aliphatic imine (C=N–C) groups is 1. The van der Waals surface area contributed by atoms with E-state index < -0.39 is 75.7 Å². The Morgan fingerprint density at radius 3 is 2.26 bits per heavy atom. The highest BCUT2D eigenvalue weighted by Gasteiger charge is 2.50. The molecular formula is C27H45N9O8S2. The van der Waals surface area contributed by atoms with Gasteiger partial charge in [0, 0.05) is 30.0 Å². The van der Waals surface area contributed by atoms with Gasteiger partial charge in [-0.1, -0.05) is 20.8 Å². The number of primary amides is 1. The molecule has 0 aromatic carbocycles. The van der Waals surface area contributed by atoms with Crippen molar-refractivity contribution in [2.45, 2.75) is 99.5 Å². The summed E-state index contributed by atoms with van der Waals surface area (Å²) >= 11 is 5.48. The molecule has 2 aliphatic heterocycles. The van der Waals surface area contributed by atoms with Crippen molar-refractivity contribution >= 4 is 71.8 Å². The monoisotopic (exact) mass is 687 g/mol. The fourth-order valence-electron chi connectivity index (χ4n) is 5.11. The van der Waals surface area contributed by atoms with E-state index >= 15 is 0 Å². The number of amides is 6. The Labute approximate surface area is 276 Å². The summed E-state index contributed by atoms with van der Waals surface area (Å²) in [5, 5.41) is 19.8. The van der Waals surface area contributed by atoms with Gasteiger partial charge in [0.25, 0.3) is 5.91 Å². The van der Waals surface area contributed by atoms with E-state index in [1.54, 1.807) is 20.8 Å². The zero-order chi connectivity index (χ0) is 34.8. The first-order valence-electron chi connectivity index (χ1n) is 14.8. The maximum atomic E-state index is 14.3.